The number of fused-ring (bicyclic) bond motifs is 2. The van der Waals surface area contributed by atoms with Crippen LogP contribution < -0.4 is 0 Å². The first-order valence-electron chi connectivity index (χ1n) is 12.6. The van der Waals surface area contributed by atoms with Crippen LogP contribution in [0.25, 0.3) is 0 Å². The van der Waals surface area contributed by atoms with Crippen molar-refractivity contribution in [3.8, 4) is 0 Å². The van der Waals surface area contributed by atoms with E-state index in [1.54, 1.807) is 0 Å². The average Bonchev–Trinajstić information content (AvgIpc) is 3.46. The lowest BCUT2D eigenvalue weighted by atomic mass is 9.51. The highest BCUT2D eigenvalue weighted by Crippen LogP contribution is 2.72. The van der Waals surface area contributed by atoms with Gasteiger partial charge in [0.1, 0.15) is 30.0 Å². The molecule has 0 N–H and O–H groups in total. The molecule has 0 aromatic rings. The van der Waals surface area contributed by atoms with E-state index >= 15 is 0 Å². The zero-order chi connectivity index (χ0) is 26.2. The van der Waals surface area contributed by atoms with E-state index in [9.17, 15) is 9.59 Å². The quantitative estimate of drug-likeness (QED) is 0.214. The number of carbonyl (C=O) groups excluding carboxylic acids is 2. The van der Waals surface area contributed by atoms with Crippen molar-refractivity contribution in [1.82, 2.24) is 0 Å². The van der Waals surface area contributed by atoms with Gasteiger partial charge in [0.2, 0.25) is 0 Å². The Labute approximate surface area is 211 Å². The number of hydrogen-bond donors (Lipinski definition) is 0. The number of hydrogen-bond acceptors (Lipinski definition) is 8. The SMILES string of the molecule is CC(=O)OC1CC2(CO[Si](C)(C)C)C(C=C1C)OC1C(O[Si](C)(C)C)C(OC(C)=O)C2(C)C12CO2. The summed E-state index contributed by atoms with van der Waals surface area (Å²) in [4.78, 5) is 24.5. The maximum absolute atomic E-state index is 12.5. The first kappa shape index (κ1) is 27.0. The average molecular weight is 527 g/mol. The fourth-order valence-corrected chi connectivity index (χ4v) is 8.29. The van der Waals surface area contributed by atoms with Crippen LogP contribution >= 0.6 is 0 Å². The fourth-order valence-electron chi connectivity index (χ4n) is 6.54. The highest BCUT2D eigenvalue weighted by molar-refractivity contribution is 6.70. The lowest BCUT2D eigenvalue weighted by Gasteiger charge is -2.59. The third kappa shape index (κ3) is 4.37. The molecule has 1 spiro atoms. The van der Waals surface area contributed by atoms with Crippen LogP contribution in [0.4, 0.5) is 0 Å². The van der Waals surface area contributed by atoms with E-state index in [1.165, 1.54) is 13.8 Å². The number of ether oxygens (including phenoxy) is 4. The molecule has 10 heteroatoms. The molecule has 198 valence electrons. The van der Waals surface area contributed by atoms with E-state index in [1.807, 2.05) is 6.92 Å². The zero-order valence-corrected chi connectivity index (χ0v) is 24.9. The molecule has 2 saturated heterocycles. The molecule has 1 saturated carbocycles. The summed E-state index contributed by atoms with van der Waals surface area (Å²) in [5.41, 5.74) is -1.04. The molecule has 2 heterocycles. The molecule has 8 unspecified atom stereocenters. The molecule has 0 amide bonds. The second-order valence-electron chi connectivity index (χ2n) is 12.9. The van der Waals surface area contributed by atoms with Gasteiger partial charge in [-0.2, -0.15) is 0 Å². The van der Waals surface area contributed by atoms with Gasteiger partial charge in [0.05, 0.1) is 18.1 Å². The van der Waals surface area contributed by atoms with Crippen molar-refractivity contribution >= 4 is 28.6 Å². The molecule has 0 radical (unpaired) electrons. The smallest absolute Gasteiger partial charge is 0.303 e. The van der Waals surface area contributed by atoms with E-state index < -0.39 is 51.4 Å². The van der Waals surface area contributed by atoms with Gasteiger partial charge in [0.15, 0.2) is 16.6 Å². The van der Waals surface area contributed by atoms with Gasteiger partial charge in [-0.3, -0.25) is 9.59 Å². The molecule has 35 heavy (non-hydrogen) atoms. The predicted octanol–water partition coefficient (Wildman–Crippen LogP) is 3.81. The van der Waals surface area contributed by atoms with Gasteiger partial charge in [-0.05, 0) is 58.2 Å². The van der Waals surface area contributed by atoms with Crippen LogP contribution in [0.5, 0.6) is 0 Å². The van der Waals surface area contributed by atoms with E-state index in [2.05, 4.69) is 52.3 Å². The van der Waals surface area contributed by atoms with Crippen LogP contribution in [-0.2, 0) is 37.4 Å². The molecule has 8 atom stereocenters. The van der Waals surface area contributed by atoms with Crippen molar-refractivity contribution in [1.29, 1.82) is 0 Å². The maximum atomic E-state index is 12.5. The first-order chi connectivity index (χ1) is 16.0. The van der Waals surface area contributed by atoms with Crippen LogP contribution in [0.15, 0.2) is 11.6 Å². The molecular weight excluding hydrogens is 484 g/mol. The monoisotopic (exact) mass is 526 g/mol. The normalized spacial score (nSPS) is 42.3. The van der Waals surface area contributed by atoms with Crippen molar-refractivity contribution in [2.24, 2.45) is 10.8 Å². The Balaban J connectivity index is 1.90. The van der Waals surface area contributed by atoms with Crippen molar-refractivity contribution in [3.63, 3.8) is 0 Å². The van der Waals surface area contributed by atoms with Gasteiger partial charge >= 0.3 is 11.9 Å². The molecule has 2 aliphatic heterocycles. The highest BCUT2D eigenvalue weighted by Gasteiger charge is 2.86. The summed E-state index contributed by atoms with van der Waals surface area (Å²) in [5.74, 6) is -0.692. The summed E-state index contributed by atoms with van der Waals surface area (Å²) >= 11 is 0. The van der Waals surface area contributed by atoms with Crippen LogP contribution in [0, 0.1) is 10.8 Å². The number of esters is 2. The molecule has 2 bridgehead atoms. The Bertz CT molecular complexity index is 917. The van der Waals surface area contributed by atoms with Crippen molar-refractivity contribution < 1.29 is 37.4 Å². The topological polar surface area (TPSA) is 92.8 Å². The van der Waals surface area contributed by atoms with E-state index in [0.717, 1.165) is 5.57 Å². The van der Waals surface area contributed by atoms with Crippen molar-refractivity contribution in [2.45, 2.75) is 110 Å². The Morgan fingerprint density at radius 2 is 1.66 bits per heavy atom. The van der Waals surface area contributed by atoms with Gasteiger partial charge in [0.25, 0.3) is 0 Å². The second-order valence-corrected chi connectivity index (χ2v) is 21.8. The Morgan fingerprint density at radius 1 is 1.06 bits per heavy atom. The summed E-state index contributed by atoms with van der Waals surface area (Å²) in [6, 6.07) is 0. The van der Waals surface area contributed by atoms with Gasteiger partial charge in [-0.25, -0.2) is 0 Å². The van der Waals surface area contributed by atoms with Gasteiger partial charge in [-0.1, -0.05) is 13.0 Å². The Hall–Kier alpha value is -1.05. The van der Waals surface area contributed by atoms with Crippen LogP contribution in [0.2, 0.25) is 39.3 Å². The standard InChI is InChI=1S/C25H42O8Si2/c1-15-11-19-24(13-29-34(5,6)7,12-18(15)30-16(2)26)23(4)21(31-17(3)27)20(33-35(8,9)10)22(32-19)25(23)14-28-25/h11,18-22H,12-14H2,1-10H3. The third-order valence-corrected chi connectivity index (χ3v) is 10.1. The minimum atomic E-state index is -2.05. The predicted molar refractivity (Wildman–Crippen MR) is 135 cm³/mol. The zero-order valence-electron chi connectivity index (χ0n) is 22.9. The lowest BCUT2D eigenvalue weighted by molar-refractivity contribution is -0.235. The van der Waals surface area contributed by atoms with Crippen LogP contribution in [0.1, 0.15) is 34.1 Å². The lowest BCUT2D eigenvalue weighted by Crippen LogP contribution is -2.68. The number of epoxide rings is 1. The summed E-state index contributed by atoms with van der Waals surface area (Å²) in [6.45, 7) is 20.7. The first-order valence-corrected chi connectivity index (χ1v) is 19.4. The molecular formula is C25H42O8Si2. The minimum Gasteiger partial charge on any atom is -0.459 e. The summed E-state index contributed by atoms with van der Waals surface area (Å²) in [5, 5.41) is 0. The fraction of sp³-hybridized carbons (Fsp3) is 0.840. The molecule has 3 fully saturated rings. The Morgan fingerprint density at radius 3 is 2.14 bits per heavy atom. The van der Waals surface area contributed by atoms with E-state index in [-0.39, 0.29) is 24.1 Å². The number of rotatable bonds is 7. The highest BCUT2D eigenvalue weighted by atomic mass is 28.4. The van der Waals surface area contributed by atoms with E-state index in [0.29, 0.717) is 19.6 Å². The summed E-state index contributed by atoms with van der Waals surface area (Å²) in [6.07, 6.45) is 0.429. The van der Waals surface area contributed by atoms with Gasteiger partial charge in [-0.15, -0.1) is 0 Å². The largest absolute Gasteiger partial charge is 0.459 e. The third-order valence-electron chi connectivity index (χ3n) is 8.16. The van der Waals surface area contributed by atoms with E-state index in [4.69, 9.17) is 27.8 Å². The summed E-state index contributed by atoms with van der Waals surface area (Å²) < 4.78 is 38.4. The molecule has 2 aliphatic carbocycles. The van der Waals surface area contributed by atoms with Crippen molar-refractivity contribution in [3.05, 3.63) is 11.6 Å². The molecule has 8 nitrogen and oxygen atoms in total. The molecule has 4 aliphatic rings. The maximum Gasteiger partial charge on any atom is 0.303 e. The Kier molecular flexibility index (Phi) is 6.55. The summed E-state index contributed by atoms with van der Waals surface area (Å²) in [7, 11) is -4.00. The van der Waals surface area contributed by atoms with Gasteiger partial charge < -0.3 is 27.8 Å². The van der Waals surface area contributed by atoms with Gasteiger partial charge in [0, 0.05) is 25.9 Å². The molecule has 0 aromatic heterocycles. The van der Waals surface area contributed by atoms with Crippen molar-refractivity contribution in [2.75, 3.05) is 13.2 Å². The second kappa shape index (κ2) is 8.49. The minimum absolute atomic E-state index is 0.316. The van der Waals surface area contributed by atoms with Crippen LogP contribution in [0.3, 0.4) is 0 Å². The molecule has 4 rings (SSSR count). The van der Waals surface area contributed by atoms with Crippen LogP contribution in [-0.4, -0.2) is 77.9 Å². The molecule has 0 aromatic carbocycles. The number of carbonyl (C=O) groups is 2.